The smallest absolute Gasteiger partial charge is 0.273 e. The number of hydrogen-bond donors (Lipinski definition) is 1. The van der Waals surface area contributed by atoms with E-state index in [0.717, 1.165) is 31.5 Å². The van der Waals surface area contributed by atoms with Crippen molar-refractivity contribution < 1.29 is 9.32 Å². The van der Waals surface area contributed by atoms with E-state index >= 15 is 0 Å². The van der Waals surface area contributed by atoms with Crippen molar-refractivity contribution in [2.24, 2.45) is 0 Å². The molecular weight excluding hydrogens is 370 g/mol. The van der Waals surface area contributed by atoms with Crippen LogP contribution in [0.5, 0.6) is 0 Å². The van der Waals surface area contributed by atoms with E-state index in [2.05, 4.69) is 30.3 Å². The number of carbonyl (C=O) groups is 1. The summed E-state index contributed by atoms with van der Waals surface area (Å²) < 4.78 is 5.30. The molecule has 1 aromatic carbocycles. The summed E-state index contributed by atoms with van der Waals surface area (Å²) in [5, 5.41) is 6.69. The van der Waals surface area contributed by atoms with Gasteiger partial charge in [0, 0.05) is 38.8 Å². The van der Waals surface area contributed by atoms with Gasteiger partial charge < -0.3 is 19.6 Å². The molecule has 1 N–H and O–H groups in total. The highest BCUT2D eigenvalue weighted by molar-refractivity contribution is 5.93. The molecule has 0 bridgehead atoms. The average Bonchev–Trinajstić information content (AvgIpc) is 3.45. The molecule has 0 unspecified atom stereocenters. The van der Waals surface area contributed by atoms with Gasteiger partial charge in [-0.25, -0.2) is 0 Å². The summed E-state index contributed by atoms with van der Waals surface area (Å²) in [6, 6.07) is 11.1. The number of nitrogens with one attached hydrogen (secondary N) is 1. The predicted octanol–water partition coefficient (Wildman–Crippen LogP) is 2.12. The Bertz CT molecular complexity index is 982. The van der Waals surface area contributed by atoms with Crippen molar-refractivity contribution in [2.75, 3.05) is 37.0 Å². The Morgan fingerprint density at radius 2 is 1.90 bits per heavy atom. The minimum Gasteiger partial charge on any atom is -0.355 e. The highest BCUT2D eigenvalue weighted by Crippen LogP contribution is 2.20. The van der Waals surface area contributed by atoms with Gasteiger partial charge in [-0.15, -0.1) is 0 Å². The molecule has 3 aromatic rings. The summed E-state index contributed by atoms with van der Waals surface area (Å²) in [4.78, 5) is 30.0. The van der Waals surface area contributed by atoms with Gasteiger partial charge in [0.2, 0.25) is 11.9 Å². The number of carbonyl (C=O) groups excluding carboxylic acids is 1. The molecule has 0 aliphatic carbocycles. The zero-order valence-corrected chi connectivity index (χ0v) is 16.5. The highest BCUT2D eigenvalue weighted by atomic mass is 16.5. The van der Waals surface area contributed by atoms with Crippen molar-refractivity contribution in [2.45, 2.75) is 19.4 Å². The molecule has 0 spiro atoms. The Morgan fingerprint density at radius 3 is 2.62 bits per heavy atom. The van der Waals surface area contributed by atoms with Crippen molar-refractivity contribution in [3.05, 3.63) is 47.9 Å². The summed E-state index contributed by atoms with van der Waals surface area (Å²) in [6.07, 6.45) is 2.26. The van der Waals surface area contributed by atoms with Crippen LogP contribution >= 0.6 is 0 Å². The number of rotatable bonds is 6. The molecule has 1 fully saturated rings. The Morgan fingerprint density at radius 1 is 1.14 bits per heavy atom. The van der Waals surface area contributed by atoms with E-state index < -0.39 is 0 Å². The summed E-state index contributed by atoms with van der Waals surface area (Å²) in [7, 11) is 3.76. The van der Waals surface area contributed by atoms with E-state index in [4.69, 9.17) is 4.52 Å². The molecule has 1 saturated heterocycles. The Balaban J connectivity index is 1.47. The number of aromatic nitrogens is 4. The lowest BCUT2D eigenvalue weighted by Gasteiger charge is -2.18. The van der Waals surface area contributed by atoms with Crippen LogP contribution in [-0.2, 0) is 6.54 Å². The van der Waals surface area contributed by atoms with Crippen molar-refractivity contribution in [1.82, 2.24) is 25.4 Å². The first-order chi connectivity index (χ1) is 14.1. The standard InChI is InChI=1S/C20H23N7O2/c1-26(2)19-22-17(23-20(24-19)27-10-6-7-11-27)13-21-18(28)15-12-16(29-25-15)14-8-4-3-5-9-14/h3-5,8-9,12H,6-7,10-11,13H2,1-2H3,(H,21,28). The summed E-state index contributed by atoms with van der Waals surface area (Å²) in [5.41, 5.74) is 1.08. The second-order valence-corrected chi connectivity index (χ2v) is 7.07. The molecule has 150 valence electrons. The third-order valence-electron chi connectivity index (χ3n) is 4.66. The SMILES string of the molecule is CN(C)c1nc(CNC(=O)c2cc(-c3ccccc3)on2)nc(N2CCCC2)n1. The first-order valence-corrected chi connectivity index (χ1v) is 9.58. The predicted molar refractivity (Wildman–Crippen MR) is 109 cm³/mol. The monoisotopic (exact) mass is 393 g/mol. The second kappa shape index (κ2) is 8.26. The van der Waals surface area contributed by atoms with Crippen LogP contribution in [0.2, 0.25) is 0 Å². The van der Waals surface area contributed by atoms with Crippen molar-refractivity contribution in [3.63, 3.8) is 0 Å². The third kappa shape index (κ3) is 4.34. The van der Waals surface area contributed by atoms with Gasteiger partial charge in [-0.3, -0.25) is 4.79 Å². The molecule has 0 atom stereocenters. The molecule has 1 aliphatic heterocycles. The van der Waals surface area contributed by atoms with E-state index in [1.54, 1.807) is 6.07 Å². The van der Waals surface area contributed by atoms with Crippen LogP contribution in [0.25, 0.3) is 11.3 Å². The lowest BCUT2D eigenvalue weighted by atomic mass is 10.1. The van der Waals surface area contributed by atoms with Gasteiger partial charge in [0.1, 0.15) is 0 Å². The third-order valence-corrected chi connectivity index (χ3v) is 4.66. The zero-order chi connectivity index (χ0) is 20.2. The van der Waals surface area contributed by atoms with Crippen LogP contribution in [0.4, 0.5) is 11.9 Å². The van der Waals surface area contributed by atoms with Crippen LogP contribution < -0.4 is 15.1 Å². The summed E-state index contributed by atoms with van der Waals surface area (Å²) in [5.74, 6) is 1.93. The minimum absolute atomic E-state index is 0.177. The summed E-state index contributed by atoms with van der Waals surface area (Å²) in [6.45, 7) is 2.05. The molecule has 1 amide bonds. The van der Waals surface area contributed by atoms with E-state index in [1.807, 2.05) is 49.3 Å². The number of amides is 1. The maximum absolute atomic E-state index is 12.5. The van der Waals surface area contributed by atoms with E-state index in [1.165, 1.54) is 0 Å². The van der Waals surface area contributed by atoms with Gasteiger partial charge >= 0.3 is 0 Å². The normalized spacial score (nSPS) is 13.5. The number of benzene rings is 1. The van der Waals surface area contributed by atoms with Gasteiger partial charge in [0.25, 0.3) is 5.91 Å². The van der Waals surface area contributed by atoms with Gasteiger partial charge in [0.15, 0.2) is 17.3 Å². The Kier molecular flexibility index (Phi) is 5.37. The molecule has 0 saturated carbocycles. The van der Waals surface area contributed by atoms with Crippen molar-refractivity contribution in [3.8, 4) is 11.3 Å². The van der Waals surface area contributed by atoms with Crippen molar-refractivity contribution in [1.29, 1.82) is 0 Å². The minimum atomic E-state index is -0.342. The molecule has 1 aliphatic rings. The van der Waals surface area contributed by atoms with Crippen LogP contribution in [0, 0.1) is 0 Å². The van der Waals surface area contributed by atoms with Crippen LogP contribution in [0.15, 0.2) is 40.9 Å². The first kappa shape index (κ1) is 18.9. The fourth-order valence-electron chi connectivity index (χ4n) is 3.10. The molecule has 29 heavy (non-hydrogen) atoms. The van der Waals surface area contributed by atoms with E-state index in [9.17, 15) is 4.79 Å². The second-order valence-electron chi connectivity index (χ2n) is 7.07. The molecule has 3 heterocycles. The van der Waals surface area contributed by atoms with Gasteiger partial charge in [-0.2, -0.15) is 15.0 Å². The molecule has 9 nitrogen and oxygen atoms in total. The van der Waals surface area contributed by atoms with E-state index in [0.29, 0.717) is 23.5 Å². The first-order valence-electron chi connectivity index (χ1n) is 9.58. The molecule has 4 rings (SSSR count). The topological polar surface area (TPSA) is 100 Å². The average molecular weight is 393 g/mol. The Labute approximate surface area is 168 Å². The van der Waals surface area contributed by atoms with Gasteiger partial charge in [-0.1, -0.05) is 35.5 Å². The largest absolute Gasteiger partial charge is 0.355 e. The zero-order valence-electron chi connectivity index (χ0n) is 16.5. The number of hydrogen-bond acceptors (Lipinski definition) is 8. The Hall–Kier alpha value is -3.49. The fourth-order valence-corrected chi connectivity index (χ4v) is 3.10. The maximum Gasteiger partial charge on any atom is 0.273 e. The van der Waals surface area contributed by atoms with E-state index in [-0.39, 0.29) is 18.1 Å². The highest BCUT2D eigenvalue weighted by Gasteiger charge is 2.19. The molecular formula is C20H23N7O2. The van der Waals surface area contributed by atoms with Crippen LogP contribution in [-0.4, -0.2) is 53.2 Å². The summed E-state index contributed by atoms with van der Waals surface area (Å²) >= 11 is 0. The number of anilines is 2. The maximum atomic E-state index is 12.5. The van der Waals surface area contributed by atoms with Gasteiger partial charge in [-0.05, 0) is 12.8 Å². The lowest BCUT2D eigenvalue weighted by Crippen LogP contribution is -2.27. The quantitative estimate of drug-likeness (QED) is 0.680. The van der Waals surface area contributed by atoms with Crippen LogP contribution in [0.3, 0.4) is 0 Å². The molecule has 0 radical (unpaired) electrons. The van der Waals surface area contributed by atoms with Gasteiger partial charge in [0.05, 0.1) is 6.54 Å². The lowest BCUT2D eigenvalue weighted by molar-refractivity contribution is 0.0941. The van der Waals surface area contributed by atoms with Crippen molar-refractivity contribution >= 4 is 17.8 Å². The van der Waals surface area contributed by atoms with Crippen LogP contribution in [0.1, 0.15) is 29.2 Å². The number of nitrogens with zero attached hydrogens (tertiary/aromatic N) is 6. The fraction of sp³-hybridized carbons (Fsp3) is 0.350. The molecule has 9 heteroatoms. The molecule has 2 aromatic heterocycles.